The van der Waals surface area contributed by atoms with Crippen LogP contribution in [-0.4, -0.2) is 83.9 Å². The molecule has 14 nitrogen and oxygen atoms in total. The average molecular weight is 1940 g/mol. The number of benzene rings is 14. The third kappa shape index (κ3) is 13.5. The van der Waals surface area contributed by atoms with E-state index in [1.165, 1.54) is 76.6 Å². The molecule has 0 fully saturated rings. The number of hydrogen-bond donors (Lipinski definition) is 0. The summed E-state index contributed by atoms with van der Waals surface area (Å²) < 4.78 is 17.6. The van der Waals surface area contributed by atoms with Crippen molar-refractivity contribution < 1.29 is 71.6 Å². The molecule has 3 unspecified atom stereocenters. The molecule has 2 aliphatic carbocycles. The van der Waals surface area contributed by atoms with E-state index >= 15 is 0 Å². The number of likely N-dealkylation sites (N-methyl/N-ethyl adjacent to an activating group) is 2. The summed E-state index contributed by atoms with van der Waals surface area (Å²) in [5.41, 5.74) is 23.2. The van der Waals surface area contributed by atoms with Crippen molar-refractivity contribution in [3.05, 3.63) is 373 Å². The monoisotopic (exact) mass is 1940 g/mol. The average Bonchev–Trinajstić information content (AvgIpc) is 1.56. The summed E-state index contributed by atoms with van der Waals surface area (Å²) in [4.78, 5) is 22.7. The van der Waals surface area contributed by atoms with Gasteiger partial charge < -0.3 is 43.2 Å². The molecule has 3 atom stereocenters. The molecule has 14 aromatic carbocycles. The molecule has 2 aliphatic heterocycles. The van der Waals surface area contributed by atoms with Crippen LogP contribution in [0.15, 0.2) is 301 Å². The van der Waals surface area contributed by atoms with Gasteiger partial charge in [-0.1, -0.05) is 206 Å². The van der Waals surface area contributed by atoms with Crippen LogP contribution in [0.4, 0.5) is 29.0 Å². The molecule has 10 heterocycles. The molecule has 0 spiro atoms. The largest absolute Gasteiger partial charge is 0.811 e. The summed E-state index contributed by atoms with van der Waals surface area (Å²) in [5, 5.41) is 26.6. The van der Waals surface area contributed by atoms with Crippen LogP contribution in [-0.2, 0) is 80.6 Å². The molecule has 0 N–H and O–H groups in total. The number of pyridine rings is 1. The Morgan fingerprint density at radius 3 is 1.99 bits per heavy atom. The third-order valence-corrected chi connectivity index (χ3v) is 27.9. The quantitative estimate of drug-likeness (QED) is 0.0798. The summed E-state index contributed by atoms with van der Waals surface area (Å²) >= 11 is 0. The van der Waals surface area contributed by atoms with Crippen molar-refractivity contribution in [1.82, 2.24) is 37.9 Å². The minimum Gasteiger partial charge on any atom is -0.811 e. The van der Waals surface area contributed by atoms with E-state index in [0.29, 0.717) is 11.7 Å². The van der Waals surface area contributed by atoms with E-state index in [1.54, 1.807) is 6.92 Å². The first-order chi connectivity index (χ1) is 61.1. The van der Waals surface area contributed by atoms with Crippen LogP contribution in [0.3, 0.4) is 0 Å². The number of nitrogens with zero attached hydrogens (tertiary/aromatic N) is 13. The number of hydrogen-bond acceptors (Lipinski definition) is 8. The van der Waals surface area contributed by atoms with Gasteiger partial charge in [0.2, 0.25) is 5.95 Å². The molecule has 0 saturated carbocycles. The van der Waals surface area contributed by atoms with Crippen molar-refractivity contribution in [2.24, 2.45) is 7.05 Å². The number of para-hydroxylation sites is 6. The van der Waals surface area contributed by atoms with Crippen molar-refractivity contribution in [2.75, 3.05) is 60.0 Å². The van der Waals surface area contributed by atoms with Gasteiger partial charge in [-0.3, -0.25) is 4.57 Å². The molecule has 8 aromatic heterocycles. The van der Waals surface area contributed by atoms with E-state index in [0.717, 1.165) is 173 Å². The van der Waals surface area contributed by atoms with Crippen molar-refractivity contribution >= 4 is 151 Å². The third-order valence-electron chi connectivity index (χ3n) is 25.7. The zero-order chi connectivity index (χ0) is 82.5. The number of anilines is 5. The van der Waals surface area contributed by atoms with Crippen molar-refractivity contribution in [1.29, 1.82) is 0 Å². The van der Waals surface area contributed by atoms with Gasteiger partial charge >= 0.3 is 6.01 Å². The molecule has 4 aliphatic rings. The van der Waals surface area contributed by atoms with Gasteiger partial charge in [0.25, 0.3) is 0 Å². The van der Waals surface area contributed by atoms with Crippen LogP contribution in [0.1, 0.15) is 54.0 Å². The molecule has 22 aromatic rings. The number of fused-ring (bicyclic) bond motifs is 19. The Labute approximate surface area is 782 Å². The maximum atomic E-state index is 10.4. The van der Waals surface area contributed by atoms with Gasteiger partial charge in [-0.15, -0.1) is 164 Å². The maximum absolute atomic E-state index is 10.4. The van der Waals surface area contributed by atoms with E-state index in [9.17, 15) is 5.41 Å². The van der Waals surface area contributed by atoms with Gasteiger partial charge in [0.05, 0.1) is 17.3 Å². The Morgan fingerprint density at radius 1 is 0.496 bits per heavy atom. The van der Waals surface area contributed by atoms with Gasteiger partial charge in [-0.25, -0.2) is 20.4 Å². The fourth-order valence-corrected chi connectivity index (χ4v) is 21.8. The number of imidazole rings is 1. The zero-order valence-electron chi connectivity index (χ0n) is 69.5. The summed E-state index contributed by atoms with van der Waals surface area (Å²) in [6.07, 6.45) is 6.60. The van der Waals surface area contributed by atoms with Crippen LogP contribution >= 0.6 is 7.53 Å². The number of oxazole rings is 1. The van der Waals surface area contributed by atoms with E-state index < -0.39 is 7.53 Å². The van der Waals surface area contributed by atoms with E-state index in [1.807, 2.05) is 54.6 Å². The topological polar surface area (TPSA) is 112 Å². The minimum atomic E-state index is -0.803. The van der Waals surface area contributed by atoms with Crippen molar-refractivity contribution in [2.45, 2.75) is 38.1 Å². The first kappa shape index (κ1) is 81.3. The zero-order valence-corrected chi connectivity index (χ0v) is 74.8. The Bertz CT molecular complexity index is 8090. The molecule has 26 rings (SSSR count). The van der Waals surface area contributed by atoms with Gasteiger partial charge in [-0.05, 0) is 89.0 Å². The standard InChI is InChI=1S/C43H26N4P.C35H29N6.C31H22N3O.3Ag/c1-45-36-15-7-3-11-29(36)24-41(45)48-23-21-28-18-19-40(44-43(28)48)47-38-17-9-6-13-31(38)34-25-33-30-12-4-5-14-32(30)42(35(33)26-39(34)47)46-22-20-27-10-2-8-16-37(27)46;1-37-19-21-39(29-12-4-3-5-13-29)33-34(37)41-35(36-33)40(22-20-38(41)2)30-18-17-26-11-8-14-31(32(26)24-30)28-16-15-25-9-6-7-10-27(25)23-28;1-19(32)22-13-7-11-21-17-26-24-12-5-6-15-27(24)34(28(26)18-25(21)22)31-33-30-23(14-8-16-29(30)35-31)20-9-3-2-4-10-20;;;/h2-21,23,25,42H,1H3;3-12,14-15,17-18,23H,19-22H2,1-2H3;2-6,8-9,12,14-17,22H,7,11,13H2,1H3;;;/q3*-3;;;. The molecule has 127 heavy (non-hydrogen) atoms. The molecule has 0 saturated heterocycles. The van der Waals surface area contributed by atoms with Crippen LogP contribution < -0.4 is 19.7 Å². The van der Waals surface area contributed by atoms with E-state index in [-0.39, 0.29) is 79.1 Å². The molecule has 0 bridgehead atoms. The van der Waals surface area contributed by atoms with Gasteiger partial charge in [-0.2, -0.15) is 87.5 Å². The van der Waals surface area contributed by atoms with Crippen LogP contribution in [0.5, 0.6) is 0 Å². The predicted octanol–water partition coefficient (Wildman–Crippen LogP) is 25.0. The first-order valence-electron chi connectivity index (χ1n) is 42.4. The molecule has 0 amide bonds. The normalized spacial score (nSPS) is 14.6. The number of aryl methyl sites for hydroxylation is 2. The summed E-state index contributed by atoms with van der Waals surface area (Å²) in [6, 6.07) is 128. The second-order valence-corrected chi connectivity index (χ2v) is 34.7. The minimum absolute atomic E-state index is 0. The Kier molecular flexibility index (Phi) is 21.1. The maximum Gasteiger partial charge on any atom is 0.304 e. The summed E-state index contributed by atoms with van der Waals surface area (Å²) in [7, 11) is 5.64. The Morgan fingerprint density at radius 2 is 1.18 bits per heavy atom. The van der Waals surface area contributed by atoms with E-state index in [2.05, 4.69) is 355 Å². The first-order valence-corrected chi connectivity index (χ1v) is 43.8. The van der Waals surface area contributed by atoms with Crippen molar-refractivity contribution in [3.63, 3.8) is 0 Å². The Hall–Kier alpha value is -12.8. The molecule has 631 valence electrons. The van der Waals surface area contributed by atoms with Crippen LogP contribution in [0, 0.1) is 48.7 Å². The fraction of sp³-hybridized carbons (Fsp3) is 0.119. The predicted molar refractivity (Wildman–Crippen MR) is 507 cm³/mol. The molecular weight excluding hydrogens is 1860 g/mol. The Balaban J connectivity index is 0.000000116. The fourth-order valence-electron chi connectivity index (χ4n) is 19.7. The molecular formula is C109H77Ag3N13OP-9. The van der Waals surface area contributed by atoms with Crippen LogP contribution in [0.2, 0.25) is 0 Å². The second kappa shape index (κ2) is 32.9. The smallest absolute Gasteiger partial charge is 0.304 e. The SMILES string of the molecule is CC(=[N-])C1CCCc2cc3c4ccccc4n(-c4nc5c(-c6[c-]cccc6)cccc5o4)c3[c-]c21.CN1CCN(c2[c-]cccc2)c2nc3n(c21)N(C)CCN3c1[c-]c2c(-c3[c-]cc4ccccc4c3)cccc2cc1.Cn1c(-p2ccc3ccc(-n4c5[c-]c6c(cc5c5ccccc54)-c4ccccc4C6n4[c-]cc5ccccc54)nc32)[c-]c2ccccc21.[Ag].[Ag].[Ag]. The molecule has 3 radical (unpaired) electrons. The number of aromatic nitrogens is 8. The van der Waals surface area contributed by atoms with E-state index in [4.69, 9.17) is 19.4 Å². The van der Waals surface area contributed by atoms with Crippen LogP contribution in [0.25, 0.3) is 165 Å². The van der Waals surface area contributed by atoms with Gasteiger partial charge in [0.1, 0.15) is 11.4 Å². The van der Waals surface area contributed by atoms with Crippen molar-refractivity contribution in [3.8, 4) is 50.6 Å². The second-order valence-electron chi connectivity index (χ2n) is 32.8. The number of rotatable bonds is 9. The summed E-state index contributed by atoms with van der Waals surface area (Å²) in [6.45, 7) is 5.25. The van der Waals surface area contributed by atoms with Gasteiger partial charge in [0.15, 0.2) is 11.6 Å². The van der Waals surface area contributed by atoms with Gasteiger partial charge in [0, 0.05) is 123 Å². The molecule has 18 heteroatoms. The summed E-state index contributed by atoms with van der Waals surface area (Å²) in [5.74, 6) is 6.22.